The van der Waals surface area contributed by atoms with Crippen molar-refractivity contribution in [2.45, 2.75) is 52.7 Å². The van der Waals surface area contributed by atoms with Crippen molar-refractivity contribution in [3.05, 3.63) is 39.4 Å². The van der Waals surface area contributed by atoms with Crippen molar-refractivity contribution in [1.29, 1.82) is 0 Å². The number of fused-ring (bicyclic) bond motifs is 3. The van der Waals surface area contributed by atoms with Crippen molar-refractivity contribution in [3.63, 3.8) is 0 Å². The van der Waals surface area contributed by atoms with Gasteiger partial charge in [-0.1, -0.05) is 32.4 Å². The van der Waals surface area contributed by atoms with Crippen molar-refractivity contribution < 1.29 is 0 Å². The quantitative estimate of drug-likeness (QED) is 0.629. The van der Waals surface area contributed by atoms with E-state index in [9.17, 15) is 4.79 Å². The molecule has 0 amide bonds. The maximum Gasteiger partial charge on any atom is 0.262 e. The molecule has 144 valence electrons. The van der Waals surface area contributed by atoms with Gasteiger partial charge in [0.15, 0.2) is 0 Å². The summed E-state index contributed by atoms with van der Waals surface area (Å²) in [5.74, 6) is 1.45. The molecule has 2 aromatic heterocycles. The molecule has 0 radical (unpaired) electrons. The molecule has 0 atom stereocenters. The topological polar surface area (TPSA) is 47.5 Å². The summed E-state index contributed by atoms with van der Waals surface area (Å²) in [5.41, 5.74) is 0.860. The molecule has 0 bridgehead atoms. The first-order valence-electron chi connectivity index (χ1n) is 9.93. The molecular weight excluding hydrogens is 358 g/mol. The number of hydrogen-bond acceptors (Lipinski definition) is 4. The van der Waals surface area contributed by atoms with E-state index in [2.05, 4.69) is 18.7 Å². The Balaban J connectivity index is 1.85. The lowest BCUT2D eigenvalue weighted by Gasteiger charge is -2.29. The fourth-order valence-electron chi connectivity index (χ4n) is 3.87. The molecule has 1 aromatic carbocycles. The number of benzene rings is 1. The Morgan fingerprint density at radius 1 is 1.22 bits per heavy atom. The number of unbranched alkanes of at least 4 members (excludes halogenated alkanes) is 1. The highest BCUT2D eigenvalue weighted by molar-refractivity contribution is 7.71. The zero-order chi connectivity index (χ0) is 19.0. The van der Waals surface area contributed by atoms with Gasteiger partial charge in [0.1, 0.15) is 0 Å². The first-order chi connectivity index (χ1) is 13.1. The Bertz CT molecular complexity index is 1070. The maximum atomic E-state index is 13.1. The molecule has 1 saturated heterocycles. The maximum absolute atomic E-state index is 13.1. The van der Waals surface area contributed by atoms with Gasteiger partial charge < -0.3 is 0 Å². The summed E-state index contributed by atoms with van der Waals surface area (Å²) >= 11 is 5.78. The zero-order valence-electron chi connectivity index (χ0n) is 16.1. The van der Waals surface area contributed by atoms with Gasteiger partial charge in [-0.2, -0.15) is 0 Å². The first-order valence-corrected chi connectivity index (χ1v) is 10.3. The molecule has 0 unspecified atom stereocenters. The summed E-state index contributed by atoms with van der Waals surface area (Å²) < 4.78 is 6.30. The molecule has 0 saturated carbocycles. The van der Waals surface area contributed by atoms with Gasteiger partial charge in [-0.3, -0.25) is 18.7 Å². The Morgan fingerprint density at radius 2 is 1.96 bits per heavy atom. The van der Waals surface area contributed by atoms with E-state index in [1.54, 1.807) is 4.57 Å². The average Bonchev–Trinajstić information content (AvgIpc) is 3.00. The number of piperidine rings is 1. The highest BCUT2D eigenvalue weighted by Crippen LogP contribution is 2.18. The van der Waals surface area contributed by atoms with Crippen molar-refractivity contribution in [3.8, 4) is 0 Å². The van der Waals surface area contributed by atoms with E-state index < -0.39 is 0 Å². The van der Waals surface area contributed by atoms with Gasteiger partial charge in [-0.25, -0.2) is 4.68 Å². The smallest absolute Gasteiger partial charge is 0.262 e. The minimum absolute atomic E-state index is 0.0190. The third kappa shape index (κ3) is 3.34. The second-order valence-corrected chi connectivity index (χ2v) is 8.05. The Kier molecular flexibility index (Phi) is 5.14. The van der Waals surface area contributed by atoms with E-state index >= 15 is 0 Å². The van der Waals surface area contributed by atoms with Crippen LogP contribution < -0.4 is 5.56 Å². The van der Waals surface area contributed by atoms with Gasteiger partial charge in [-0.05, 0) is 49.5 Å². The van der Waals surface area contributed by atoms with Gasteiger partial charge in [0.25, 0.3) is 5.56 Å². The molecule has 3 aromatic rings. The molecule has 1 aliphatic heterocycles. The molecule has 1 fully saturated rings. The third-order valence-electron chi connectivity index (χ3n) is 5.63. The van der Waals surface area contributed by atoms with Crippen molar-refractivity contribution in [2.75, 3.05) is 13.1 Å². The van der Waals surface area contributed by atoms with Crippen LogP contribution in [0.1, 0.15) is 39.5 Å². The third-order valence-corrected chi connectivity index (χ3v) is 6.02. The summed E-state index contributed by atoms with van der Waals surface area (Å²) in [6.07, 6.45) is 4.39. The molecule has 0 spiro atoms. The Hall–Kier alpha value is -1.99. The van der Waals surface area contributed by atoms with Gasteiger partial charge in [-0.15, -0.1) is 5.10 Å². The van der Waals surface area contributed by atoms with Crippen LogP contribution in [-0.2, 0) is 13.2 Å². The van der Waals surface area contributed by atoms with Crippen LogP contribution in [0.15, 0.2) is 29.1 Å². The van der Waals surface area contributed by atoms with E-state index in [-0.39, 0.29) is 5.56 Å². The molecule has 7 heteroatoms. The normalized spacial score (nSPS) is 16.5. The highest BCUT2D eigenvalue weighted by atomic mass is 32.1. The summed E-state index contributed by atoms with van der Waals surface area (Å²) in [5, 5.41) is 5.48. The van der Waals surface area contributed by atoms with Crippen molar-refractivity contribution in [1.82, 2.24) is 23.6 Å². The predicted molar refractivity (Wildman–Crippen MR) is 111 cm³/mol. The minimum atomic E-state index is 0.0190. The summed E-state index contributed by atoms with van der Waals surface area (Å²) in [6, 6.07) is 7.69. The molecule has 0 N–H and O–H groups in total. The Morgan fingerprint density at radius 3 is 2.70 bits per heavy atom. The van der Waals surface area contributed by atoms with Gasteiger partial charge >= 0.3 is 0 Å². The minimum Gasteiger partial charge on any atom is -0.284 e. The largest absolute Gasteiger partial charge is 0.284 e. The molecule has 3 heterocycles. The van der Waals surface area contributed by atoms with Crippen LogP contribution in [0.4, 0.5) is 0 Å². The van der Waals surface area contributed by atoms with Crippen LogP contribution in [0.25, 0.3) is 16.7 Å². The molecule has 4 rings (SSSR count). The number of nitrogens with zero attached hydrogens (tertiary/aromatic N) is 5. The van der Waals surface area contributed by atoms with Crippen LogP contribution in [0, 0.1) is 10.7 Å². The average molecular weight is 386 g/mol. The van der Waals surface area contributed by atoms with Crippen LogP contribution >= 0.6 is 12.2 Å². The van der Waals surface area contributed by atoms with Crippen LogP contribution in [0.3, 0.4) is 0 Å². The standard InChI is InChI=1S/C20H27N5OS/c1-3-4-11-23-18(26)16-7-5-6-8-17(16)25-19(23)21-24(20(25)27)14-22-12-9-15(2)10-13-22/h5-8,15H,3-4,9-14H2,1-2H3. The molecular formula is C20H27N5OS. The number of rotatable bonds is 5. The van der Waals surface area contributed by atoms with Crippen molar-refractivity contribution >= 4 is 28.9 Å². The lowest BCUT2D eigenvalue weighted by atomic mass is 10.00. The SMILES string of the molecule is CCCCn1c(=O)c2ccccc2n2c(=S)n(CN3CCC(C)CC3)nc12. The predicted octanol–water partition coefficient (Wildman–Crippen LogP) is 3.67. The number of likely N-dealkylation sites (tertiary alicyclic amines) is 1. The second-order valence-electron chi connectivity index (χ2n) is 7.69. The lowest BCUT2D eigenvalue weighted by molar-refractivity contribution is 0.146. The highest BCUT2D eigenvalue weighted by Gasteiger charge is 2.19. The van der Waals surface area contributed by atoms with E-state index in [4.69, 9.17) is 17.3 Å². The number of aromatic nitrogens is 4. The summed E-state index contributed by atoms with van der Waals surface area (Å²) in [6.45, 7) is 7.93. The molecule has 0 aliphatic carbocycles. The monoisotopic (exact) mass is 385 g/mol. The zero-order valence-corrected chi connectivity index (χ0v) is 16.9. The van der Waals surface area contributed by atoms with Gasteiger partial charge in [0.2, 0.25) is 10.5 Å². The van der Waals surface area contributed by atoms with E-state index in [1.807, 2.05) is 33.3 Å². The molecule has 6 nitrogen and oxygen atoms in total. The number of aryl methyl sites for hydroxylation is 1. The van der Waals surface area contributed by atoms with E-state index in [0.29, 0.717) is 29.1 Å². The molecule has 1 aliphatic rings. The van der Waals surface area contributed by atoms with Gasteiger partial charge in [0, 0.05) is 19.6 Å². The summed E-state index contributed by atoms with van der Waals surface area (Å²) in [7, 11) is 0. The lowest BCUT2D eigenvalue weighted by Crippen LogP contribution is -2.34. The number of para-hydroxylation sites is 1. The Labute approximate surface area is 164 Å². The molecule has 27 heavy (non-hydrogen) atoms. The fourth-order valence-corrected chi connectivity index (χ4v) is 4.15. The van der Waals surface area contributed by atoms with E-state index in [1.165, 1.54) is 12.8 Å². The van der Waals surface area contributed by atoms with Crippen LogP contribution in [0.2, 0.25) is 0 Å². The van der Waals surface area contributed by atoms with Crippen LogP contribution in [0.5, 0.6) is 0 Å². The van der Waals surface area contributed by atoms with Crippen molar-refractivity contribution in [2.24, 2.45) is 5.92 Å². The van der Waals surface area contributed by atoms with Crippen LogP contribution in [-0.4, -0.2) is 36.7 Å². The first kappa shape index (κ1) is 18.4. The van der Waals surface area contributed by atoms with E-state index in [0.717, 1.165) is 37.4 Å². The summed E-state index contributed by atoms with van der Waals surface area (Å²) in [4.78, 5) is 15.5. The number of hydrogen-bond donors (Lipinski definition) is 0. The fraction of sp³-hybridized carbons (Fsp3) is 0.550. The second kappa shape index (κ2) is 7.56. The van der Waals surface area contributed by atoms with Gasteiger partial charge in [0.05, 0.1) is 17.6 Å².